The van der Waals surface area contributed by atoms with Gasteiger partial charge in [0.15, 0.2) is 0 Å². The van der Waals surface area contributed by atoms with Crippen LogP contribution in [0.2, 0.25) is 0 Å². The molecule has 12 atom stereocenters. The molecule has 1 aromatic heterocycles. The molecule has 220 valence electrons. The van der Waals surface area contributed by atoms with E-state index in [-0.39, 0.29) is 24.8 Å². The summed E-state index contributed by atoms with van der Waals surface area (Å²) < 4.78 is 42.8. The zero-order chi connectivity index (χ0) is 28.9. The highest BCUT2D eigenvalue weighted by molar-refractivity contribution is 5.87. The van der Waals surface area contributed by atoms with E-state index >= 15 is 0 Å². The lowest BCUT2D eigenvalue weighted by Gasteiger charge is -2.49. The summed E-state index contributed by atoms with van der Waals surface area (Å²) in [5.74, 6) is -4.94. The van der Waals surface area contributed by atoms with Crippen molar-refractivity contribution in [3.8, 4) is 0 Å². The highest BCUT2D eigenvalue weighted by Gasteiger charge is 2.70. The van der Waals surface area contributed by atoms with E-state index in [1.54, 1.807) is 6.92 Å². The van der Waals surface area contributed by atoms with Crippen LogP contribution in [-0.4, -0.2) is 90.7 Å². The number of hydrogen-bond acceptors (Lipinski definition) is 9. The topological polar surface area (TPSA) is 137 Å². The first-order chi connectivity index (χ1) is 19.0. The predicted octanol–water partition coefficient (Wildman–Crippen LogP) is 2.02. The number of methoxy groups -OCH3 is 2. The largest absolute Gasteiger partial charge is 0.459 e. The van der Waals surface area contributed by atoms with Crippen molar-refractivity contribution in [3.05, 3.63) is 47.6 Å². The van der Waals surface area contributed by atoms with Crippen LogP contribution in [0, 0.1) is 41.3 Å². The number of nitrogens with one attached hydrogen (secondary N) is 1. The number of cyclic esters (lactones) is 1. The Morgan fingerprint density at radius 2 is 2.00 bits per heavy atom. The molecule has 1 spiro atoms. The lowest BCUT2D eigenvalue weighted by atomic mass is 9.56. The molecule has 1 aromatic rings. The first-order valence-corrected chi connectivity index (χ1v) is 13.7. The van der Waals surface area contributed by atoms with E-state index < -0.39 is 83.5 Å². The van der Waals surface area contributed by atoms with Crippen molar-refractivity contribution < 1.29 is 47.9 Å². The van der Waals surface area contributed by atoms with E-state index in [2.05, 4.69) is 4.98 Å². The van der Waals surface area contributed by atoms with Gasteiger partial charge in [-0.25, -0.2) is 9.18 Å². The van der Waals surface area contributed by atoms with Gasteiger partial charge < -0.3 is 38.9 Å². The molecular formula is C29H38FNO9. The van der Waals surface area contributed by atoms with Crippen molar-refractivity contribution in [2.45, 2.75) is 56.9 Å². The molecule has 4 bridgehead atoms. The van der Waals surface area contributed by atoms with Gasteiger partial charge in [-0.15, -0.1) is 0 Å². The highest BCUT2D eigenvalue weighted by Crippen LogP contribution is 2.61. The molecular weight excluding hydrogens is 525 g/mol. The van der Waals surface area contributed by atoms with Crippen molar-refractivity contribution in [1.82, 2.24) is 4.98 Å². The third kappa shape index (κ3) is 4.52. The summed E-state index contributed by atoms with van der Waals surface area (Å²) in [6.07, 6.45) is 2.49. The Kier molecular flexibility index (Phi) is 7.97. The SMILES string of the molecule is COC[C@@H](O)[C@H]1OC(=O)[C@H](COC)[C@H]2C=C[C@H]3[C@H]4O[C@]2(/C(C)=C/[C@H]1C)[C@@H]3[C@H](O)[C@@H](C)[C@H]4OC(=O)c1cc(F)c[nH]1. The molecule has 5 rings (SSSR count). The van der Waals surface area contributed by atoms with Gasteiger partial charge in [-0.1, -0.05) is 32.1 Å². The van der Waals surface area contributed by atoms with Gasteiger partial charge in [0.25, 0.3) is 0 Å². The number of aromatic nitrogens is 1. The van der Waals surface area contributed by atoms with Crippen molar-refractivity contribution in [3.63, 3.8) is 0 Å². The maximum Gasteiger partial charge on any atom is 0.355 e. The summed E-state index contributed by atoms with van der Waals surface area (Å²) in [6, 6.07) is 1.06. The summed E-state index contributed by atoms with van der Waals surface area (Å²) in [4.78, 5) is 29.2. The Labute approximate surface area is 232 Å². The molecule has 2 fully saturated rings. The summed E-state index contributed by atoms with van der Waals surface area (Å²) >= 11 is 0. The molecule has 40 heavy (non-hydrogen) atoms. The van der Waals surface area contributed by atoms with E-state index in [1.165, 1.54) is 14.2 Å². The number of halogens is 1. The van der Waals surface area contributed by atoms with E-state index in [4.69, 9.17) is 23.7 Å². The van der Waals surface area contributed by atoms with E-state index in [9.17, 15) is 24.2 Å². The average Bonchev–Trinajstić information content (AvgIpc) is 3.43. The minimum Gasteiger partial charge on any atom is -0.459 e. The first kappa shape index (κ1) is 28.9. The van der Waals surface area contributed by atoms with Gasteiger partial charge in [0.05, 0.1) is 25.2 Å². The van der Waals surface area contributed by atoms with E-state index in [0.717, 1.165) is 17.8 Å². The fourth-order valence-electron chi connectivity index (χ4n) is 7.42. The van der Waals surface area contributed by atoms with Gasteiger partial charge in [0.1, 0.15) is 41.5 Å². The van der Waals surface area contributed by atoms with Crippen molar-refractivity contribution >= 4 is 11.9 Å². The van der Waals surface area contributed by atoms with E-state index in [1.807, 2.05) is 32.1 Å². The number of H-pyrrole nitrogens is 1. The molecule has 0 radical (unpaired) electrons. The molecule has 0 unspecified atom stereocenters. The lowest BCUT2D eigenvalue weighted by molar-refractivity contribution is -0.173. The maximum absolute atomic E-state index is 13.7. The van der Waals surface area contributed by atoms with Crippen LogP contribution in [0.15, 0.2) is 36.1 Å². The van der Waals surface area contributed by atoms with Crippen LogP contribution >= 0.6 is 0 Å². The number of hydrogen-bond donors (Lipinski definition) is 3. The van der Waals surface area contributed by atoms with Crippen LogP contribution in [0.4, 0.5) is 4.39 Å². The predicted molar refractivity (Wildman–Crippen MR) is 138 cm³/mol. The molecule has 2 aliphatic heterocycles. The van der Waals surface area contributed by atoms with Crippen LogP contribution in [0.1, 0.15) is 31.3 Å². The zero-order valence-corrected chi connectivity index (χ0v) is 23.3. The van der Waals surface area contributed by atoms with Crippen LogP contribution in [0.25, 0.3) is 0 Å². The molecule has 0 aromatic carbocycles. The second-order valence-corrected chi connectivity index (χ2v) is 11.5. The molecule has 1 saturated carbocycles. The van der Waals surface area contributed by atoms with Gasteiger partial charge in [-0.2, -0.15) is 0 Å². The molecule has 11 heteroatoms. The van der Waals surface area contributed by atoms with Crippen LogP contribution < -0.4 is 0 Å². The van der Waals surface area contributed by atoms with E-state index in [0.29, 0.717) is 0 Å². The smallest absolute Gasteiger partial charge is 0.355 e. The molecule has 3 N–H and O–H groups in total. The normalized spacial score (nSPS) is 42.5. The Morgan fingerprint density at radius 1 is 1.25 bits per heavy atom. The summed E-state index contributed by atoms with van der Waals surface area (Å²) in [5, 5.41) is 22.5. The molecule has 10 nitrogen and oxygen atoms in total. The standard InChI is InChI=1S/C29H38FNO9/c1-13-8-14(2)29-19(18(11-36-4)27(34)38-24(13)21(32)12-37-5)7-6-17-22(29)23(33)15(3)25(26(17)40-29)39-28(35)20-9-16(30)10-31-20/h6-10,13,15,17-19,21-26,31-33H,11-12H2,1-5H3/b14-8+/t13-,15-,17-,18-,19-,21-,22+,23-,24+,25-,26-,29+/m1/s1. The van der Waals surface area contributed by atoms with Gasteiger partial charge in [0, 0.05) is 56.1 Å². The minimum atomic E-state index is -1.13. The Hall–Kier alpha value is -2.57. The number of carbonyl (C=O) groups excluding carboxylic acids is 2. The summed E-state index contributed by atoms with van der Waals surface area (Å²) in [6.45, 7) is 5.55. The number of carbonyl (C=O) groups is 2. The van der Waals surface area contributed by atoms with Crippen molar-refractivity contribution in [1.29, 1.82) is 0 Å². The molecule has 1 saturated heterocycles. The van der Waals surface area contributed by atoms with Crippen molar-refractivity contribution in [2.24, 2.45) is 35.5 Å². The fourth-order valence-corrected chi connectivity index (χ4v) is 7.42. The van der Waals surface area contributed by atoms with Crippen LogP contribution in [-0.2, 0) is 28.5 Å². The highest BCUT2D eigenvalue weighted by atomic mass is 19.1. The number of aliphatic hydroxyl groups is 2. The third-order valence-corrected chi connectivity index (χ3v) is 9.21. The second kappa shape index (κ2) is 11.0. The first-order valence-electron chi connectivity index (χ1n) is 13.7. The Morgan fingerprint density at radius 3 is 2.65 bits per heavy atom. The number of esters is 2. The van der Waals surface area contributed by atoms with Crippen LogP contribution in [0.5, 0.6) is 0 Å². The second-order valence-electron chi connectivity index (χ2n) is 11.5. The Balaban J connectivity index is 1.58. The zero-order valence-electron chi connectivity index (χ0n) is 23.3. The molecule has 2 aliphatic carbocycles. The fraction of sp³-hybridized carbons (Fsp3) is 0.655. The van der Waals surface area contributed by atoms with Crippen molar-refractivity contribution in [2.75, 3.05) is 27.4 Å². The maximum atomic E-state index is 13.7. The van der Waals surface area contributed by atoms with Gasteiger partial charge in [0.2, 0.25) is 0 Å². The number of aliphatic hydroxyl groups excluding tert-OH is 2. The summed E-state index contributed by atoms with van der Waals surface area (Å²) in [5.41, 5.74) is -0.384. The number of ether oxygens (including phenoxy) is 5. The lowest BCUT2D eigenvalue weighted by Crippen LogP contribution is -2.58. The number of rotatable bonds is 7. The van der Waals surface area contributed by atoms with Gasteiger partial charge in [-0.3, -0.25) is 4.79 Å². The van der Waals surface area contributed by atoms with Gasteiger partial charge in [-0.05, 0) is 12.5 Å². The van der Waals surface area contributed by atoms with Gasteiger partial charge >= 0.3 is 11.9 Å². The Bertz CT molecular complexity index is 1180. The molecule has 0 amide bonds. The molecule has 3 heterocycles. The quantitative estimate of drug-likeness (QED) is 0.336. The summed E-state index contributed by atoms with van der Waals surface area (Å²) in [7, 11) is 2.96. The van der Waals surface area contributed by atoms with Crippen LogP contribution in [0.3, 0.4) is 0 Å². The molecule has 4 aliphatic rings. The number of aromatic amines is 1. The monoisotopic (exact) mass is 563 g/mol. The minimum absolute atomic E-state index is 0.0180. The third-order valence-electron chi connectivity index (χ3n) is 9.21. The average molecular weight is 564 g/mol.